The fourth-order valence-corrected chi connectivity index (χ4v) is 2.40. The van der Waals surface area contributed by atoms with Crippen LogP contribution in [0.4, 0.5) is 4.79 Å². The molecule has 0 radical (unpaired) electrons. The number of nitrogens with one attached hydrogen (secondary N) is 1. The number of hydrogen-bond acceptors (Lipinski definition) is 4. The van der Waals surface area contributed by atoms with Crippen LogP contribution in [0.2, 0.25) is 0 Å². The minimum atomic E-state index is -1.41. The third kappa shape index (κ3) is 4.09. The summed E-state index contributed by atoms with van der Waals surface area (Å²) in [7, 11) is 3.85. The zero-order chi connectivity index (χ0) is 15.4. The maximum Gasteiger partial charge on any atom is 0.326 e. The number of likely N-dealkylation sites (tertiary alicyclic amines) is 1. The Kier molecular flexibility index (Phi) is 5.32. The molecule has 1 aliphatic heterocycles. The minimum absolute atomic E-state index is 0.212. The van der Waals surface area contributed by atoms with Gasteiger partial charge in [-0.05, 0) is 20.0 Å². The van der Waals surface area contributed by atoms with Gasteiger partial charge in [-0.1, -0.05) is 6.92 Å². The first-order valence-electron chi connectivity index (χ1n) is 6.38. The van der Waals surface area contributed by atoms with E-state index in [1.165, 1.54) is 4.90 Å². The highest BCUT2D eigenvalue weighted by Gasteiger charge is 2.35. The Balaban J connectivity index is 2.62. The zero-order valence-corrected chi connectivity index (χ0v) is 11.9. The van der Waals surface area contributed by atoms with Crippen LogP contribution in [0.3, 0.4) is 0 Å². The van der Waals surface area contributed by atoms with Crippen molar-refractivity contribution in [2.24, 2.45) is 5.92 Å². The van der Waals surface area contributed by atoms with E-state index < -0.39 is 30.4 Å². The number of likely N-dealkylation sites (N-methyl/N-ethyl adjacent to an activating group) is 1. The van der Waals surface area contributed by atoms with Crippen LogP contribution in [0.5, 0.6) is 0 Å². The van der Waals surface area contributed by atoms with Crippen molar-refractivity contribution in [3.63, 3.8) is 0 Å². The lowest BCUT2D eigenvalue weighted by Gasteiger charge is -2.23. The number of aliphatic carboxylic acids is 2. The Morgan fingerprint density at radius 3 is 2.30 bits per heavy atom. The largest absolute Gasteiger partial charge is 0.481 e. The molecule has 0 spiro atoms. The number of carbonyl (C=O) groups excluding carboxylic acids is 1. The number of carboxylic acid groups (broad SMARTS) is 2. The van der Waals surface area contributed by atoms with Crippen molar-refractivity contribution in [2.75, 3.05) is 27.2 Å². The molecule has 1 saturated heterocycles. The first kappa shape index (κ1) is 16.2. The molecule has 2 amide bonds. The first-order valence-corrected chi connectivity index (χ1v) is 6.38. The lowest BCUT2D eigenvalue weighted by Crippen LogP contribution is -2.48. The monoisotopic (exact) mass is 287 g/mol. The van der Waals surface area contributed by atoms with Crippen molar-refractivity contribution in [1.29, 1.82) is 0 Å². The number of hydrogen-bond donors (Lipinski definition) is 3. The first-order chi connectivity index (χ1) is 9.22. The van der Waals surface area contributed by atoms with Gasteiger partial charge in [0.1, 0.15) is 6.04 Å². The van der Waals surface area contributed by atoms with Crippen molar-refractivity contribution in [3.8, 4) is 0 Å². The second kappa shape index (κ2) is 6.56. The second-order valence-electron chi connectivity index (χ2n) is 5.35. The summed E-state index contributed by atoms with van der Waals surface area (Å²) in [5, 5.41) is 19.8. The summed E-state index contributed by atoms with van der Waals surface area (Å²) >= 11 is 0. The molecule has 114 valence electrons. The maximum absolute atomic E-state index is 12.0. The van der Waals surface area contributed by atoms with E-state index in [4.69, 9.17) is 10.2 Å². The lowest BCUT2D eigenvalue weighted by atomic mass is 10.1. The molecule has 1 heterocycles. The highest BCUT2D eigenvalue weighted by atomic mass is 16.4. The Hall–Kier alpha value is -1.83. The smallest absolute Gasteiger partial charge is 0.326 e. The Labute approximate surface area is 117 Å². The fraction of sp³-hybridized carbons (Fsp3) is 0.750. The number of nitrogens with zero attached hydrogens (tertiary/aromatic N) is 2. The summed E-state index contributed by atoms with van der Waals surface area (Å²) < 4.78 is 0. The summed E-state index contributed by atoms with van der Waals surface area (Å²) in [5.41, 5.74) is 0. The van der Waals surface area contributed by atoms with Gasteiger partial charge in [-0.3, -0.25) is 4.79 Å². The van der Waals surface area contributed by atoms with Crippen LogP contribution in [0, 0.1) is 5.92 Å². The van der Waals surface area contributed by atoms with Gasteiger partial charge in [0, 0.05) is 19.1 Å². The minimum Gasteiger partial charge on any atom is -0.481 e. The van der Waals surface area contributed by atoms with Crippen molar-refractivity contribution in [2.45, 2.75) is 25.4 Å². The lowest BCUT2D eigenvalue weighted by molar-refractivity contribution is -0.145. The average Bonchev–Trinajstić information content (AvgIpc) is 2.69. The summed E-state index contributed by atoms with van der Waals surface area (Å²) in [4.78, 5) is 37.0. The molecule has 8 heteroatoms. The highest BCUT2D eigenvalue weighted by molar-refractivity contribution is 5.86. The van der Waals surface area contributed by atoms with E-state index in [9.17, 15) is 14.4 Å². The maximum atomic E-state index is 12.0. The SMILES string of the molecule is CC1CN(C(=O)N[C@H](CC(=O)O)C(=O)O)CC1N(C)C. The summed E-state index contributed by atoms with van der Waals surface area (Å²) in [6, 6.07) is -1.73. The predicted molar refractivity (Wildman–Crippen MR) is 70.4 cm³/mol. The van der Waals surface area contributed by atoms with E-state index in [0.29, 0.717) is 13.1 Å². The fourth-order valence-electron chi connectivity index (χ4n) is 2.40. The van der Waals surface area contributed by atoms with Gasteiger partial charge in [0.2, 0.25) is 0 Å². The molecule has 8 nitrogen and oxygen atoms in total. The molecule has 3 atom stereocenters. The Morgan fingerprint density at radius 1 is 1.30 bits per heavy atom. The van der Waals surface area contributed by atoms with E-state index in [0.717, 1.165) is 0 Å². The second-order valence-corrected chi connectivity index (χ2v) is 5.35. The van der Waals surface area contributed by atoms with Gasteiger partial charge in [-0.25, -0.2) is 9.59 Å². The van der Waals surface area contributed by atoms with Crippen LogP contribution in [-0.2, 0) is 9.59 Å². The van der Waals surface area contributed by atoms with E-state index in [1.807, 2.05) is 25.9 Å². The standard InChI is InChI=1S/C12H21N3O5/c1-7-5-15(6-9(7)14(2)3)12(20)13-8(11(18)19)4-10(16)17/h7-9H,4-6H2,1-3H3,(H,13,20)(H,16,17)(H,18,19)/t7?,8-,9?/m1/s1. The van der Waals surface area contributed by atoms with Gasteiger partial charge in [0.25, 0.3) is 0 Å². The van der Waals surface area contributed by atoms with E-state index in [2.05, 4.69) is 5.32 Å². The quantitative estimate of drug-likeness (QED) is 0.629. The molecular weight excluding hydrogens is 266 g/mol. The summed E-state index contributed by atoms with van der Waals surface area (Å²) in [5.74, 6) is -2.34. The van der Waals surface area contributed by atoms with Crippen molar-refractivity contribution >= 4 is 18.0 Å². The number of carboxylic acids is 2. The zero-order valence-electron chi connectivity index (χ0n) is 11.9. The van der Waals surface area contributed by atoms with Gasteiger partial charge in [-0.2, -0.15) is 0 Å². The molecule has 2 unspecified atom stereocenters. The van der Waals surface area contributed by atoms with Gasteiger partial charge >= 0.3 is 18.0 Å². The van der Waals surface area contributed by atoms with Gasteiger partial charge in [0.15, 0.2) is 0 Å². The van der Waals surface area contributed by atoms with E-state index in [1.54, 1.807) is 0 Å². The van der Waals surface area contributed by atoms with Crippen LogP contribution < -0.4 is 5.32 Å². The molecular formula is C12H21N3O5. The van der Waals surface area contributed by atoms with Crippen LogP contribution in [0.25, 0.3) is 0 Å². The van der Waals surface area contributed by atoms with Crippen LogP contribution in [0.15, 0.2) is 0 Å². The third-order valence-electron chi connectivity index (χ3n) is 3.50. The van der Waals surface area contributed by atoms with Crippen LogP contribution in [0.1, 0.15) is 13.3 Å². The van der Waals surface area contributed by atoms with Gasteiger partial charge in [-0.15, -0.1) is 0 Å². The number of urea groups is 1. The summed E-state index contributed by atoms with van der Waals surface area (Å²) in [6.07, 6.45) is -0.637. The molecule has 0 saturated carbocycles. The third-order valence-corrected chi connectivity index (χ3v) is 3.50. The van der Waals surface area contributed by atoms with Crippen LogP contribution in [-0.4, -0.2) is 77.3 Å². The Morgan fingerprint density at radius 2 is 1.90 bits per heavy atom. The molecule has 0 aromatic rings. The van der Waals surface area contributed by atoms with Crippen molar-refractivity contribution in [1.82, 2.24) is 15.1 Å². The van der Waals surface area contributed by atoms with Crippen molar-refractivity contribution in [3.05, 3.63) is 0 Å². The molecule has 0 bridgehead atoms. The summed E-state index contributed by atoms with van der Waals surface area (Å²) in [6.45, 7) is 3.04. The molecule has 0 aromatic carbocycles. The molecule has 0 aliphatic carbocycles. The van der Waals surface area contributed by atoms with Crippen molar-refractivity contribution < 1.29 is 24.6 Å². The number of rotatable bonds is 5. The Bertz CT molecular complexity index is 399. The molecule has 0 aromatic heterocycles. The predicted octanol–water partition coefficient (Wildman–Crippen LogP) is -0.494. The molecule has 1 aliphatic rings. The van der Waals surface area contributed by atoms with Gasteiger partial charge < -0.3 is 25.3 Å². The van der Waals surface area contributed by atoms with Gasteiger partial charge in [0.05, 0.1) is 6.42 Å². The molecule has 20 heavy (non-hydrogen) atoms. The van der Waals surface area contributed by atoms with E-state index in [-0.39, 0.29) is 12.0 Å². The normalized spacial score (nSPS) is 23.7. The highest BCUT2D eigenvalue weighted by Crippen LogP contribution is 2.19. The number of carbonyl (C=O) groups is 3. The van der Waals surface area contributed by atoms with Crippen LogP contribution >= 0.6 is 0 Å². The average molecular weight is 287 g/mol. The topological polar surface area (TPSA) is 110 Å². The number of amides is 2. The van der Waals surface area contributed by atoms with E-state index >= 15 is 0 Å². The molecule has 1 rings (SSSR count). The molecule has 3 N–H and O–H groups in total. The molecule has 1 fully saturated rings.